The van der Waals surface area contributed by atoms with Gasteiger partial charge in [-0.1, -0.05) is 237 Å². The number of hydrogen-bond acceptors (Lipinski definition) is 2. The van der Waals surface area contributed by atoms with Gasteiger partial charge >= 0.3 is 0 Å². The van der Waals surface area contributed by atoms with Gasteiger partial charge in [-0.25, -0.2) is 0 Å². The maximum absolute atomic E-state index is 2.51. The van der Waals surface area contributed by atoms with Crippen LogP contribution in [0.25, 0.3) is 44.5 Å². The molecular weight excluding hydrogens is 917 g/mol. The number of hydrogen-bond donors (Lipinski definition) is 0. The molecule has 0 saturated carbocycles. The van der Waals surface area contributed by atoms with Crippen molar-refractivity contribution in [2.75, 3.05) is 9.80 Å². The molecule has 0 bridgehead atoms. The van der Waals surface area contributed by atoms with E-state index in [1.54, 1.807) is 0 Å². The number of fused-ring (bicyclic) bond motifs is 6. The van der Waals surface area contributed by atoms with Crippen molar-refractivity contribution in [3.05, 3.63) is 240 Å². The molecule has 0 amide bonds. The molecule has 0 atom stereocenters. The highest BCUT2D eigenvalue weighted by molar-refractivity contribution is 5.91. The van der Waals surface area contributed by atoms with Crippen molar-refractivity contribution in [1.29, 1.82) is 0 Å². The van der Waals surface area contributed by atoms with E-state index >= 15 is 0 Å². The Morgan fingerprint density at radius 1 is 0.237 bits per heavy atom. The zero-order valence-electron chi connectivity index (χ0n) is 49.5. The summed E-state index contributed by atoms with van der Waals surface area (Å²) in [5.74, 6) is 0. The Kier molecular flexibility index (Phi) is 21.4. The summed E-state index contributed by atoms with van der Waals surface area (Å²) in [4.78, 5) is 4.66. The molecule has 0 aromatic heterocycles. The molecule has 0 fully saturated rings. The maximum Gasteiger partial charge on any atom is 0.0462 e. The van der Waals surface area contributed by atoms with Crippen LogP contribution in [0.15, 0.2) is 206 Å². The van der Waals surface area contributed by atoms with E-state index in [0.717, 1.165) is 34.1 Å². The number of rotatable bonds is 8. The molecular formula is C74H88N2. The lowest BCUT2D eigenvalue weighted by Gasteiger charge is -2.26. The summed E-state index contributed by atoms with van der Waals surface area (Å²) in [6.45, 7) is 37.9. The fourth-order valence-electron chi connectivity index (χ4n) is 10.4. The molecule has 0 saturated heterocycles. The van der Waals surface area contributed by atoms with E-state index in [1.165, 1.54) is 77.9 Å². The van der Waals surface area contributed by atoms with Gasteiger partial charge in [0.15, 0.2) is 0 Å². The Balaban J connectivity index is 0.000000833. The monoisotopic (exact) mass is 1000 g/mol. The SMILES string of the molecule is CC.CC.CC.CC.CC.CC.Cc1ccc(N(c2ccccc2)c2ccc(-c3ccc(N(c4ccccc4)c4ccc(-c5ccc6c(c5)C(C)(C)c5cc7c(cc5-6)C(C)(C)c5cc(C)ccc5-7)cc4)cc3)cc2)cc1. The highest BCUT2D eigenvalue weighted by Gasteiger charge is 2.41. The molecule has 0 aliphatic heterocycles. The van der Waals surface area contributed by atoms with E-state index in [2.05, 4.69) is 258 Å². The summed E-state index contributed by atoms with van der Waals surface area (Å²) < 4.78 is 0. The van der Waals surface area contributed by atoms with E-state index in [4.69, 9.17) is 0 Å². The Hall–Kier alpha value is -7.42. The number of aryl methyl sites for hydroxylation is 2. The summed E-state index contributed by atoms with van der Waals surface area (Å²) >= 11 is 0. The van der Waals surface area contributed by atoms with Crippen LogP contribution in [0.4, 0.5) is 34.1 Å². The lowest BCUT2D eigenvalue weighted by atomic mass is 9.79. The van der Waals surface area contributed by atoms with Crippen LogP contribution in [0.5, 0.6) is 0 Å². The van der Waals surface area contributed by atoms with Gasteiger partial charge in [0.2, 0.25) is 0 Å². The number of para-hydroxylation sites is 2. The van der Waals surface area contributed by atoms with Crippen LogP contribution in [0.3, 0.4) is 0 Å². The highest BCUT2D eigenvalue weighted by Crippen LogP contribution is 2.56. The molecule has 76 heavy (non-hydrogen) atoms. The first-order valence-electron chi connectivity index (χ1n) is 28.6. The van der Waals surface area contributed by atoms with Crippen molar-refractivity contribution in [3.8, 4) is 44.5 Å². The fourth-order valence-corrected chi connectivity index (χ4v) is 10.4. The van der Waals surface area contributed by atoms with E-state index in [0.29, 0.717) is 0 Å². The average Bonchev–Trinajstić information content (AvgIpc) is 3.88. The summed E-state index contributed by atoms with van der Waals surface area (Å²) in [5.41, 5.74) is 25.2. The van der Waals surface area contributed by atoms with Gasteiger partial charge in [0.25, 0.3) is 0 Å². The molecule has 0 unspecified atom stereocenters. The summed E-state index contributed by atoms with van der Waals surface area (Å²) in [6, 6.07) is 76.1. The maximum atomic E-state index is 2.51. The second-order valence-corrected chi connectivity index (χ2v) is 18.8. The zero-order chi connectivity index (χ0) is 55.7. The Labute approximate surface area is 461 Å². The fraction of sp³-hybridized carbons (Fsp3) is 0.270. The van der Waals surface area contributed by atoms with Crippen molar-refractivity contribution in [1.82, 2.24) is 0 Å². The zero-order valence-corrected chi connectivity index (χ0v) is 49.5. The predicted octanol–water partition coefficient (Wildman–Crippen LogP) is 23.3. The van der Waals surface area contributed by atoms with E-state index in [-0.39, 0.29) is 10.8 Å². The minimum absolute atomic E-state index is 0.0311. The van der Waals surface area contributed by atoms with Gasteiger partial charge in [0, 0.05) is 45.0 Å². The molecule has 2 nitrogen and oxygen atoms in total. The first-order valence-corrected chi connectivity index (χ1v) is 28.6. The van der Waals surface area contributed by atoms with Crippen molar-refractivity contribution in [2.24, 2.45) is 0 Å². The van der Waals surface area contributed by atoms with Crippen molar-refractivity contribution in [3.63, 3.8) is 0 Å². The number of nitrogens with zero attached hydrogens (tertiary/aromatic N) is 2. The molecule has 2 heteroatoms. The first-order chi connectivity index (χ1) is 37.0. The third-order valence-corrected chi connectivity index (χ3v) is 14.0. The summed E-state index contributed by atoms with van der Waals surface area (Å²) in [6.07, 6.45) is 0. The molecule has 2 aliphatic carbocycles. The first kappa shape index (κ1) is 59.5. The lowest BCUT2D eigenvalue weighted by Crippen LogP contribution is -2.17. The molecule has 0 radical (unpaired) electrons. The van der Waals surface area contributed by atoms with Crippen LogP contribution in [0.2, 0.25) is 0 Å². The summed E-state index contributed by atoms with van der Waals surface area (Å²) in [7, 11) is 0. The average molecular weight is 1010 g/mol. The Morgan fingerprint density at radius 2 is 0.500 bits per heavy atom. The smallest absolute Gasteiger partial charge is 0.0462 e. The quantitative estimate of drug-likeness (QED) is 0.150. The van der Waals surface area contributed by atoms with Crippen molar-refractivity contribution < 1.29 is 0 Å². The Morgan fingerprint density at radius 3 is 0.868 bits per heavy atom. The summed E-state index contributed by atoms with van der Waals surface area (Å²) in [5, 5.41) is 0. The number of benzene rings is 9. The predicted molar refractivity (Wildman–Crippen MR) is 339 cm³/mol. The van der Waals surface area contributed by atoms with E-state index in [9.17, 15) is 0 Å². The van der Waals surface area contributed by atoms with Gasteiger partial charge in [-0.2, -0.15) is 0 Å². The van der Waals surface area contributed by atoms with Gasteiger partial charge in [-0.3, -0.25) is 0 Å². The van der Waals surface area contributed by atoms with E-state index < -0.39 is 0 Å². The van der Waals surface area contributed by atoms with Gasteiger partial charge in [-0.05, 0) is 172 Å². The molecule has 0 spiro atoms. The van der Waals surface area contributed by atoms with Gasteiger partial charge < -0.3 is 9.80 Å². The lowest BCUT2D eigenvalue weighted by molar-refractivity contribution is 0.652. The third-order valence-electron chi connectivity index (χ3n) is 14.0. The van der Waals surface area contributed by atoms with Gasteiger partial charge in [0.05, 0.1) is 0 Å². The molecule has 11 rings (SSSR count). The van der Waals surface area contributed by atoms with Gasteiger partial charge in [0.1, 0.15) is 0 Å². The minimum Gasteiger partial charge on any atom is -0.311 e. The van der Waals surface area contributed by atoms with Crippen LogP contribution in [-0.2, 0) is 10.8 Å². The van der Waals surface area contributed by atoms with Crippen LogP contribution in [0.1, 0.15) is 144 Å². The molecule has 394 valence electrons. The molecule has 0 N–H and O–H groups in total. The largest absolute Gasteiger partial charge is 0.311 e. The normalized spacial score (nSPS) is 12.0. The highest BCUT2D eigenvalue weighted by atomic mass is 15.1. The topological polar surface area (TPSA) is 6.48 Å². The van der Waals surface area contributed by atoms with Crippen molar-refractivity contribution >= 4 is 34.1 Å². The molecule has 9 aromatic rings. The number of anilines is 6. The molecule has 0 heterocycles. The van der Waals surface area contributed by atoms with Crippen LogP contribution in [-0.4, -0.2) is 0 Å². The molecule has 2 aliphatic rings. The van der Waals surface area contributed by atoms with Crippen LogP contribution >= 0.6 is 0 Å². The second kappa shape index (κ2) is 27.4. The minimum atomic E-state index is -0.116. The van der Waals surface area contributed by atoms with Crippen LogP contribution < -0.4 is 9.80 Å². The van der Waals surface area contributed by atoms with Crippen LogP contribution in [0, 0.1) is 13.8 Å². The standard InChI is InChI=1S/C62H52N2.6C2H6/c1-41-17-27-49(28-18-41)63(47-13-9-7-10-14-47)50-29-20-43(21-30-50)44-22-31-51(32-23-44)64(48-15-11-8-12-16-48)52-33-24-45(25-34-52)46-26-36-54-56-40-59-55(39-60(56)62(5,6)58(54)38-46)53-35-19-42(2)37-57(53)61(59,3)4;6*1-2/h7-40H,1-6H3;6*1-2H3. The van der Waals surface area contributed by atoms with E-state index in [1.807, 2.05) is 83.1 Å². The molecule has 9 aromatic carbocycles. The van der Waals surface area contributed by atoms with Crippen molar-refractivity contribution in [2.45, 2.75) is 135 Å². The third kappa shape index (κ3) is 12.0. The second-order valence-electron chi connectivity index (χ2n) is 18.8. The Bertz CT molecular complexity index is 3180. The van der Waals surface area contributed by atoms with Gasteiger partial charge in [-0.15, -0.1) is 0 Å².